The van der Waals surface area contributed by atoms with Crippen molar-refractivity contribution in [3.8, 4) is 0 Å². The van der Waals surface area contributed by atoms with E-state index in [1.54, 1.807) is 23.2 Å². The molecule has 0 radical (unpaired) electrons. The molecule has 0 aliphatic carbocycles. The average molecular weight is 358 g/mol. The zero-order chi connectivity index (χ0) is 17.8. The molecule has 3 rings (SSSR count). The molecular formula is C20H27N3OS. The first-order chi connectivity index (χ1) is 12.1. The molecule has 4 nitrogen and oxygen atoms in total. The number of carbonyl (C=O) groups excluding carboxylic acids is 1. The number of piperidine rings is 1. The van der Waals surface area contributed by atoms with Gasteiger partial charge in [0.05, 0.1) is 11.4 Å². The van der Waals surface area contributed by atoms with Crippen LogP contribution in [0.2, 0.25) is 0 Å². The van der Waals surface area contributed by atoms with Crippen LogP contribution in [0, 0.1) is 0 Å². The van der Waals surface area contributed by atoms with E-state index < -0.39 is 0 Å². The highest BCUT2D eigenvalue weighted by atomic mass is 32.1. The maximum absolute atomic E-state index is 12.3. The number of thiazole rings is 1. The van der Waals surface area contributed by atoms with Gasteiger partial charge in [0.1, 0.15) is 0 Å². The zero-order valence-electron chi connectivity index (χ0n) is 15.4. The Hall–Kier alpha value is -1.72. The van der Waals surface area contributed by atoms with E-state index in [-0.39, 0.29) is 5.91 Å². The molecule has 5 heteroatoms. The van der Waals surface area contributed by atoms with Gasteiger partial charge in [-0.2, -0.15) is 0 Å². The van der Waals surface area contributed by atoms with Gasteiger partial charge in [0.25, 0.3) is 0 Å². The first-order valence-corrected chi connectivity index (χ1v) is 10.0. The zero-order valence-corrected chi connectivity index (χ0v) is 16.2. The molecule has 1 saturated heterocycles. The van der Waals surface area contributed by atoms with Crippen molar-refractivity contribution in [2.24, 2.45) is 0 Å². The molecule has 1 amide bonds. The number of carbonyl (C=O) groups is 1. The smallest absolute Gasteiger partial charge is 0.230 e. The minimum absolute atomic E-state index is 0.00754. The fourth-order valence-corrected chi connectivity index (χ4v) is 4.38. The third-order valence-corrected chi connectivity index (χ3v) is 5.84. The Kier molecular flexibility index (Phi) is 5.86. The maximum Gasteiger partial charge on any atom is 0.230 e. The molecule has 1 fully saturated rings. The number of amides is 1. The number of hydrogen-bond donors (Lipinski definition) is 0. The van der Waals surface area contributed by atoms with Gasteiger partial charge in [-0.15, -0.1) is 11.3 Å². The first kappa shape index (κ1) is 18.1. The topological polar surface area (TPSA) is 36.4 Å². The van der Waals surface area contributed by atoms with Crippen molar-refractivity contribution in [1.29, 1.82) is 0 Å². The number of rotatable bonds is 5. The molecule has 2 heterocycles. The van der Waals surface area contributed by atoms with Crippen LogP contribution in [0.4, 0.5) is 10.8 Å². The number of hydrogen-bond acceptors (Lipinski definition) is 4. The lowest BCUT2D eigenvalue weighted by atomic mass is 10.0. The molecule has 0 bridgehead atoms. The predicted molar refractivity (Wildman–Crippen MR) is 104 cm³/mol. The Labute approximate surface area is 154 Å². The van der Waals surface area contributed by atoms with Gasteiger partial charge in [0, 0.05) is 24.9 Å². The van der Waals surface area contributed by atoms with Gasteiger partial charge in [-0.05, 0) is 44.4 Å². The molecule has 0 N–H and O–H groups in total. The quantitative estimate of drug-likeness (QED) is 0.774. The van der Waals surface area contributed by atoms with Crippen molar-refractivity contribution in [2.75, 3.05) is 11.4 Å². The van der Waals surface area contributed by atoms with Crippen LogP contribution in [0.15, 0.2) is 29.6 Å². The molecule has 1 aromatic carbocycles. The van der Waals surface area contributed by atoms with Gasteiger partial charge in [-0.25, -0.2) is 4.98 Å². The fourth-order valence-electron chi connectivity index (χ4n) is 3.51. The summed E-state index contributed by atoms with van der Waals surface area (Å²) in [5.41, 5.74) is 3.18. The van der Waals surface area contributed by atoms with Gasteiger partial charge in [0.2, 0.25) is 5.91 Å². The number of anilines is 2. The minimum Gasteiger partial charge on any atom is -0.295 e. The number of likely N-dealkylation sites (tertiary alicyclic amines) is 1. The summed E-state index contributed by atoms with van der Waals surface area (Å²) in [6.45, 7) is 8.04. The van der Waals surface area contributed by atoms with Crippen LogP contribution in [-0.2, 0) is 17.8 Å². The van der Waals surface area contributed by atoms with Gasteiger partial charge in [-0.3, -0.25) is 14.6 Å². The lowest BCUT2D eigenvalue weighted by Gasteiger charge is -2.32. The molecule has 1 aliphatic rings. The Balaban J connectivity index is 1.84. The van der Waals surface area contributed by atoms with Crippen molar-refractivity contribution < 1.29 is 4.79 Å². The number of para-hydroxylation sites is 1. The molecule has 1 unspecified atom stereocenters. The van der Waals surface area contributed by atoms with Crippen LogP contribution < -0.4 is 4.90 Å². The lowest BCUT2D eigenvalue weighted by molar-refractivity contribution is -0.115. The van der Waals surface area contributed by atoms with Crippen LogP contribution in [0.25, 0.3) is 0 Å². The monoisotopic (exact) mass is 357 g/mol. The SMILES string of the molecule is CCc1ccccc1N(C(C)=O)c1nc(CN2CCCCC2C)cs1. The Morgan fingerprint density at radius 3 is 2.88 bits per heavy atom. The summed E-state index contributed by atoms with van der Waals surface area (Å²) in [6.07, 6.45) is 4.75. The van der Waals surface area contributed by atoms with Crippen molar-refractivity contribution in [3.05, 3.63) is 40.9 Å². The molecule has 0 saturated carbocycles. The van der Waals surface area contributed by atoms with E-state index >= 15 is 0 Å². The largest absolute Gasteiger partial charge is 0.295 e. The second-order valence-electron chi connectivity index (χ2n) is 6.77. The van der Waals surface area contributed by atoms with Gasteiger partial charge < -0.3 is 0 Å². The number of nitrogens with zero attached hydrogens (tertiary/aromatic N) is 3. The van der Waals surface area contributed by atoms with Gasteiger partial charge >= 0.3 is 0 Å². The van der Waals surface area contributed by atoms with Crippen molar-refractivity contribution >= 4 is 28.1 Å². The summed E-state index contributed by atoms with van der Waals surface area (Å²) in [5, 5.41) is 2.87. The van der Waals surface area contributed by atoms with E-state index in [0.29, 0.717) is 6.04 Å². The molecule has 0 spiro atoms. The van der Waals surface area contributed by atoms with Crippen LogP contribution in [0.3, 0.4) is 0 Å². The Morgan fingerprint density at radius 1 is 1.36 bits per heavy atom. The Bertz CT molecular complexity index is 727. The molecular weight excluding hydrogens is 330 g/mol. The second kappa shape index (κ2) is 8.11. The summed E-state index contributed by atoms with van der Waals surface area (Å²) in [4.78, 5) is 21.4. The first-order valence-electron chi connectivity index (χ1n) is 9.17. The molecule has 1 atom stereocenters. The number of benzene rings is 1. The summed E-state index contributed by atoms with van der Waals surface area (Å²) < 4.78 is 0. The minimum atomic E-state index is 0.00754. The fraction of sp³-hybridized carbons (Fsp3) is 0.500. The normalized spacial score (nSPS) is 18.3. The molecule has 1 aliphatic heterocycles. The maximum atomic E-state index is 12.3. The molecule has 134 valence electrons. The second-order valence-corrected chi connectivity index (χ2v) is 7.61. The van der Waals surface area contributed by atoms with Crippen LogP contribution >= 0.6 is 11.3 Å². The van der Waals surface area contributed by atoms with Crippen molar-refractivity contribution in [1.82, 2.24) is 9.88 Å². The highest BCUT2D eigenvalue weighted by Crippen LogP contribution is 2.32. The number of aryl methyl sites for hydroxylation is 1. The lowest BCUT2D eigenvalue weighted by Crippen LogP contribution is -2.36. The van der Waals surface area contributed by atoms with Crippen LogP contribution in [-0.4, -0.2) is 28.4 Å². The molecule has 25 heavy (non-hydrogen) atoms. The third kappa shape index (κ3) is 4.10. The standard InChI is InChI=1S/C20H27N3OS/c1-4-17-10-5-6-11-19(17)23(16(3)24)20-21-18(14-25-20)13-22-12-8-7-9-15(22)2/h5-6,10-11,14-15H,4,7-9,12-13H2,1-3H3. The van der Waals surface area contributed by atoms with E-state index in [9.17, 15) is 4.79 Å². The van der Waals surface area contributed by atoms with Crippen LogP contribution in [0.5, 0.6) is 0 Å². The average Bonchev–Trinajstić information content (AvgIpc) is 3.05. The summed E-state index contributed by atoms with van der Waals surface area (Å²) in [7, 11) is 0. The van der Waals surface area contributed by atoms with E-state index in [4.69, 9.17) is 4.98 Å². The summed E-state index contributed by atoms with van der Waals surface area (Å²) >= 11 is 1.56. The van der Waals surface area contributed by atoms with E-state index in [2.05, 4.69) is 30.2 Å². The van der Waals surface area contributed by atoms with Gasteiger partial charge in [-0.1, -0.05) is 31.5 Å². The number of aromatic nitrogens is 1. The summed E-state index contributed by atoms with van der Waals surface area (Å²) in [5.74, 6) is 0.00754. The highest BCUT2D eigenvalue weighted by molar-refractivity contribution is 7.14. The summed E-state index contributed by atoms with van der Waals surface area (Å²) in [6, 6.07) is 8.70. The van der Waals surface area contributed by atoms with Gasteiger partial charge in [0.15, 0.2) is 5.13 Å². The van der Waals surface area contributed by atoms with E-state index in [0.717, 1.165) is 36.0 Å². The van der Waals surface area contributed by atoms with Crippen LogP contribution in [0.1, 0.15) is 51.3 Å². The molecule has 1 aromatic heterocycles. The molecule has 2 aromatic rings. The van der Waals surface area contributed by atoms with Crippen molar-refractivity contribution in [3.63, 3.8) is 0 Å². The highest BCUT2D eigenvalue weighted by Gasteiger charge is 2.22. The predicted octanol–water partition coefficient (Wildman–Crippen LogP) is 4.76. The van der Waals surface area contributed by atoms with E-state index in [1.165, 1.54) is 24.8 Å². The van der Waals surface area contributed by atoms with E-state index in [1.807, 2.05) is 18.2 Å². The Morgan fingerprint density at radius 2 is 2.16 bits per heavy atom. The third-order valence-electron chi connectivity index (χ3n) is 4.96. The van der Waals surface area contributed by atoms with Crippen molar-refractivity contribution in [2.45, 2.75) is 59.0 Å².